The van der Waals surface area contributed by atoms with E-state index in [1.54, 1.807) is 42.8 Å². The van der Waals surface area contributed by atoms with Crippen LogP contribution in [0.15, 0.2) is 53.6 Å². The third-order valence-electron chi connectivity index (χ3n) is 7.60. The SMILES string of the molecule is COc1cc(-c2ccc3ncc4c(c3c2)n(-c2ccc(N3CCC(OC)C3)nc2C)c(=O)n4C)cnc1CO. The number of anilines is 1. The van der Waals surface area contributed by atoms with Crippen LogP contribution in [0, 0.1) is 6.92 Å². The summed E-state index contributed by atoms with van der Waals surface area (Å²) in [7, 11) is 5.05. The lowest BCUT2D eigenvalue weighted by atomic mass is 10.0. The van der Waals surface area contributed by atoms with Gasteiger partial charge in [0.15, 0.2) is 0 Å². The first-order valence-corrected chi connectivity index (χ1v) is 12.8. The van der Waals surface area contributed by atoms with Crippen LogP contribution >= 0.6 is 0 Å². The molecule has 1 fully saturated rings. The minimum atomic E-state index is -0.209. The highest BCUT2D eigenvalue weighted by molar-refractivity contribution is 6.04. The van der Waals surface area contributed by atoms with Gasteiger partial charge in [0.2, 0.25) is 0 Å². The van der Waals surface area contributed by atoms with E-state index in [-0.39, 0.29) is 18.4 Å². The molecule has 1 aliphatic heterocycles. The minimum Gasteiger partial charge on any atom is -0.495 e. The van der Waals surface area contributed by atoms with Gasteiger partial charge in [-0.3, -0.25) is 19.1 Å². The van der Waals surface area contributed by atoms with Gasteiger partial charge in [0, 0.05) is 44.4 Å². The molecule has 5 aromatic rings. The number of aromatic nitrogens is 5. The Balaban J connectivity index is 1.52. The fraction of sp³-hybridized carbons (Fsp3) is 0.310. The molecule has 1 aromatic carbocycles. The number of hydrogen-bond acceptors (Lipinski definition) is 8. The second-order valence-electron chi connectivity index (χ2n) is 9.80. The Morgan fingerprint density at radius 1 is 1.08 bits per heavy atom. The Kier molecular flexibility index (Phi) is 6.28. The number of methoxy groups -OCH3 is 2. The summed E-state index contributed by atoms with van der Waals surface area (Å²) in [4.78, 5) is 29.7. The maximum atomic E-state index is 13.6. The van der Waals surface area contributed by atoms with Crippen molar-refractivity contribution in [1.29, 1.82) is 0 Å². The van der Waals surface area contributed by atoms with E-state index in [1.165, 1.54) is 0 Å². The number of ether oxygens (including phenoxy) is 2. The number of pyridine rings is 3. The fourth-order valence-electron chi connectivity index (χ4n) is 5.41. The molecule has 0 saturated carbocycles. The Morgan fingerprint density at radius 3 is 2.64 bits per heavy atom. The highest BCUT2D eigenvalue weighted by Gasteiger charge is 2.24. The molecule has 0 spiro atoms. The first-order chi connectivity index (χ1) is 18.9. The van der Waals surface area contributed by atoms with Crippen molar-refractivity contribution in [1.82, 2.24) is 24.1 Å². The highest BCUT2D eigenvalue weighted by atomic mass is 16.5. The van der Waals surface area contributed by atoms with E-state index >= 15 is 0 Å². The summed E-state index contributed by atoms with van der Waals surface area (Å²) in [6.45, 7) is 3.41. The molecule has 10 heteroatoms. The molecule has 1 unspecified atom stereocenters. The number of hydrogen-bond donors (Lipinski definition) is 1. The van der Waals surface area contributed by atoms with Crippen LogP contribution in [0.2, 0.25) is 0 Å². The Morgan fingerprint density at radius 2 is 1.92 bits per heavy atom. The third kappa shape index (κ3) is 4.12. The third-order valence-corrected chi connectivity index (χ3v) is 7.60. The summed E-state index contributed by atoms with van der Waals surface area (Å²) in [6, 6.07) is 11.7. The number of aliphatic hydroxyl groups is 1. The van der Waals surface area contributed by atoms with Gasteiger partial charge in [0.05, 0.1) is 53.9 Å². The average molecular weight is 527 g/mol. The van der Waals surface area contributed by atoms with Crippen molar-refractivity contribution in [3.05, 3.63) is 70.7 Å². The molecule has 1 aliphatic rings. The van der Waals surface area contributed by atoms with Gasteiger partial charge in [-0.2, -0.15) is 0 Å². The Bertz CT molecular complexity index is 1780. The maximum absolute atomic E-state index is 13.6. The maximum Gasteiger partial charge on any atom is 0.333 e. The molecular formula is C29H30N6O4. The monoisotopic (exact) mass is 526 g/mol. The largest absolute Gasteiger partial charge is 0.495 e. The fourth-order valence-corrected chi connectivity index (χ4v) is 5.41. The van der Waals surface area contributed by atoms with Crippen LogP contribution < -0.4 is 15.3 Å². The molecule has 0 amide bonds. The van der Waals surface area contributed by atoms with Gasteiger partial charge < -0.3 is 19.5 Å². The van der Waals surface area contributed by atoms with Crippen molar-refractivity contribution in [2.24, 2.45) is 7.05 Å². The molecule has 0 radical (unpaired) electrons. The van der Waals surface area contributed by atoms with Crippen LogP contribution in [0.25, 0.3) is 38.8 Å². The molecule has 6 rings (SSSR count). The number of benzene rings is 1. The smallest absolute Gasteiger partial charge is 0.333 e. The molecule has 1 saturated heterocycles. The zero-order valence-electron chi connectivity index (χ0n) is 22.4. The predicted octanol–water partition coefficient (Wildman–Crippen LogP) is 3.37. The molecule has 1 N–H and O–H groups in total. The van der Waals surface area contributed by atoms with Crippen LogP contribution in [-0.2, 0) is 18.4 Å². The van der Waals surface area contributed by atoms with Crippen LogP contribution in [0.4, 0.5) is 5.82 Å². The molecule has 1 atom stereocenters. The Labute approximate surface area is 225 Å². The Hall–Kier alpha value is -4.28. The van der Waals surface area contributed by atoms with Crippen LogP contribution in [0.5, 0.6) is 5.75 Å². The van der Waals surface area contributed by atoms with Gasteiger partial charge in [-0.15, -0.1) is 0 Å². The minimum absolute atomic E-state index is 0.168. The summed E-state index contributed by atoms with van der Waals surface area (Å²) >= 11 is 0. The molecular weight excluding hydrogens is 496 g/mol. The summed E-state index contributed by atoms with van der Waals surface area (Å²) in [5.74, 6) is 1.39. The topological polar surface area (TPSA) is 108 Å². The number of aliphatic hydroxyl groups excluding tert-OH is 1. The van der Waals surface area contributed by atoms with Crippen molar-refractivity contribution in [2.75, 3.05) is 32.2 Å². The molecule has 4 aromatic heterocycles. The zero-order valence-corrected chi connectivity index (χ0v) is 22.4. The lowest BCUT2D eigenvalue weighted by Gasteiger charge is -2.19. The van der Waals surface area contributed by atoms with Crippen molar-refractivity contribution in [2.45, 2.75) is 26.1 Å². The van der Waals surface area contributed by atoms with Gasteiger partial charge in [-0.1, -0.05) is 6.07 Å². The quantitative estimate of drug-likeness (QED) is 0.359. The molecule has 10 nitrogen and oxygen atoms in total. The van der Waals surface area contributed by atoms with E-state index in [4.69, 9.17) is 14.5 Å². The molecule has 5 heterocycles. The first kappa shape index (κ1) is 25.0. The molecule has 200 valence electrons. The lowest BCUT2D eigenvalue weighted by molar-refractivity contribution is 0.121. The van der Waals surface area contributed by atoms with Gasteiger partial charge in [-0.05, 0) is 49.2 Å². The molecule has 0 aliphatic carbocycles. The van der Waals surface area contributed by atoms with Crippen molar-refractivity contribution in [3.63, 3.8) is 0 Å². The normalized spacial score (nSPS) is 15.5. The summed E-state index contributed by atoms with van der Waals surface area (Å²) < 4.78 is 14.3. The first-order valence-electron chi connectivity index (χ1n) is 12.8. The van der Waals surface area contributed by atoms with E-state index in [9.17, 15) is 9.90 Å². The second-order valence-corrected chi connectivity index (χ2v) is 9.80. The van der Waals surface area contributed by atoms with Gasteiger partial charge in [-0.25, -0.2) is 9.78 Å². The van der Waals surface area contributed by atoms with Crippen molar-refractivity contribution >= 4 is 27.8 Å². The zero-order chi connectivity index (χ0) is 27.3. The standard InChI is InChI=1S/C29H30N6O4/c1-17-24(7-8-27(32-17)34-10-9-20(15-34)38-3)35-28-21-11-18(19-12-26(39-4)23(16-36)30-13-19)5-6-22(21)31-14-25(28)33(2)29(35)37/h5-8,11-14,20,36H,9-10,15-16H2,1-4H3. The predicted molar refractivity (Wildman–Crippen MR) is 150 cm³/mol. The molecule has 0 bridgehead atoms. The average Bonchev–Trinajstić information content (AvgIpc) is 3.55. The number of imidazole rings is 1. The number of nitrogens with zero attached hydrogens (tertiary/aromatic N) is 6. The number of rotatable bonds is 6. The van der Waals surface area contributed by atoms with Gasteiger partial charge in [0.25, 0.3) is 0 Å². The van der Waals surface area contributed by atoms with E-state index in [0.717, 1.165) is 69.8 Å². The van der Waals surface area contributed by atoms with E-state index < -0.39 is 0 Å². The van der Waals surface area contributed by atoms with Crippen LogP contribution in [0.1, 0.15) is 17.8 Å². The van der Waals surface area contributed by atoms with Crippen LogP contribution in [-0.4, -0.2) is 62.6 Å². The molecule has 39 heavy (non-hydrogen) atoms. The van der Waals surface area contributed by atoms with Crippen molar-refractivity contribution in [3.8, 4) is 22.6 Å². The highest BCUT2D eigenvalue weighted by Crippen LogP contribution is 2.32. The number of fused-ring (bicyclic) bond motifs is 3. The van der Waals surface area contributed by atoms with Gasteiger partial charge in [0.1, 0.15) is 17.3 Å². The number of aryl methyl sites for hydroxylation is 2. The summed E-state index contributed by atoms with van der Waals surface area (Å²) in [5.41, 5.74) is 5.77. The van der Waals surface area contributed by atoms with E-state index in [1.807, 2.05) is 43.3 Å². The van der Waals surface area contributed by atoms with Crippen molar-refractivity contribution < 1.29 is 14.6 Å². The van der Waals surface area contributed by atoms with Gasteiger partial charge >= 0.3 is 5.69 Å². The van der Waals surface area contributed by atoms with E-state index in [0.29, 0.717) is 11.4 Å². The summed E-state index contributed by atoms with van der Waals surface area (Å²) in [6.07, 6.45) is 4.62. The lowest BCUT2D eigenvalue weighted by Crippen LogP contribution is -2.24. The van der Waals surface area contributed by atoms with Crippen LogP contribution in [0.3, 0.4) is 0 Å². The summed E-state index contributed by atoms with van der Waals surface area (Å²) in [5, 5.41) is 10.4. The van der Waals surface area contributed by atoms with E-state index in [2.05, 4.69) is 14.9 Å². The second kappa shape index (κ2) is 9.79.